The van der Waals surface area contributed by atoms with E-state index in [1.807, 2.05) is 12.2 Å². The fraction of sp³-hybridized carbons (Fsp3) is 0.625. The van der Waals surface area contributed by atoms with Crippen molar-refractivity contribution in [1.29, 1.82) is 0 Å². The van der Waals surface area contributed by atoms with Gasteiger partial charge >= 0.3 is 29.6 Å². The summed E-state index contributed by atoms with van der Waals surface area (Å²) in [6.45, 7) is 0. The second-order valence-corrected chi connectivity index (χ2v) is 2.50. The van der Waals surface area contributed by atoms with Crippen LogP contribution in [0.5, 0.6) is 0 Å². The smallest absolute Gasteiger partial charge is 0.620 e. The van der Waals surface area contributed by atoms with E-state index in [0.29, 0.717) is 0 Å². The first kappa shape index (κ1) is 15.8. The van der Waals surface area contributed by atoms with Crippen LogP contribution in [-0.2, 0) is 4.74 Å². The Morgan fingerprint density at radius 1 is 1.62 bits per heavy atom. The number of nitrogens with zero attached hydrogens (tertiary/aromatic N) is 1. The number of hydrogen-bond donors (Lipinski definition) is 0. The van der Waals surface area contributed by atoms with Crippen LogP contribution in [0.3, 0.4) is 0 Å². The summed E-state index contributed by atoms with van der Waals surface area (Å²) in [5, 5.41) is 3.39. The van der Waals surface area contributed by atoms with Gasteiger partial charge in [0.05, 0.1) is 0 Å². The number of halogens is 1. The molecular weight excluding hydrogens is 201 g/mol. The van der Waals surface area contributed by atoms with Crippen molar-refractivity contribution in [3.63, 3.8) is 0 Å². The van der Waals surface area contributed by atoms with E-state index in [2.05, 4.69) is 5.32 Å². The molecule has 0 spiro atoms. The topological polar surface area (TPSA) is 40.4 Å². The van der Waals surface area contributed by atoms with Crippen molar-refractivity contribution in [2.75, 3.05) is 7.05 Å². The van der Waals surface area contributed by atoms with Crippen molar-refractivity contribution in [3.8, 4) is 0 Å². The molecular formula is C8H13ClNNaO2. The number of amides is 1. The maximum Gasteiger partial charge on any atom is 1.00 e. The number of allylic oxidation sites excluding steroid dienone is 1. The van der Waals surface area contributed by atoms with Crippen molar-refractivity contribution in [1.82, 2.24) is 0 Å². The van der Waals surface area contributed by atoms with Gasteiger partial charge in [0.15, 0.2) is 0 Å². The van der Waals surface area contributed by atoms with E-state index in [0.717, 1.165) is 19.3 Å². The van der Waals surface area contributed by atoms with Gasteiger partial charge in [-0.05, 0) is 25.3 Å². The molecule has 1 unspecified atom stereocenters. The molecule has 13 heavy (non-hydrogen) atoms. The summed E-state index contributed by atoms with van der Waals surface area (Å²) in [5.41, 5.74) is 0. The Labute approximate surface area is 107 Å². The van der Waals surface area contributed by atoms with E-state index in [-0.39, 0.29) is 48.1 Å². The molecule has 0 saturated carbocycles. The molecule has 1 amide bonds. The summed E-state index contributed by atoms with van der Waals surface area (Å²) in [4.78, 5) is 10.7. The zero-order valence-corrected chi connectivity index (χ0v) is 10.8. The molecule has 0 aromatic carbocycles. The van der Waals surface area contributed by atoms with Gasteiger partial charge in [0, 0.05) is 0 Å². The molecule has 5 heteroatoms. The molecule has 1 aliphatic carbocycles. The minimum absolute atomic E-state index is 0. The van der Waals surface area contributed by atoms with Gasteiger partial charge in [-0.25, -0.2) is 0 Å². The molecule has 0 aromatic heterocycles. The van der Waals surface area contributed by atoms with Crippen LogP contribution in [0.25, 0.3) is 5.32 Å². The van der Waals surface area contributed by atoms with E-state index in [9.17, 15) is 4.79 Å². The predicted molar refractivity (Wildman–Crippen MR) is 49.8 cm³/mol. The van der Waals surface area contributed by atoms with Crippen LogP contribution < -0.4 is 29.6 Å². The monoisotopic (exact) mass is 213 g/mol. The van der Waals surface area contributed by atoms with Gasteiger partial charge in [-0.2, -0.15) is 0 Å². The largest absolute Gasteiger partial charge is 1.00 e. The summed E-state index contributed by atoms with van der Waals surface area (Å²) in [7, 11) is 1.44. The average Bonchev–Trinajstić information content (AvgIpc) is 2.06. The predicted octanol–water partition coefficient (Wildman–Crippen LogP) is -0.339. The molecule has 0 saturated heterocycles. The molecule has 1 aliphatic rings. The number of ether oxygens (including phenoxy) is 1. The fourth-order valence-corrected chi connectivity index (χ4v) is 1.06. The van der Waals surface area contributed by atoms with Gasteiger partial charge in [-0.3, -0.25) is 4.79 Å². The second kappa shape index (κ2) is 8.88. The van der Waals surface area contributed by atoms with Crippen molar-refractivity contribution in [3.05, 3.63) is 17.5 Å². The van der Waals surface area contributed by atoms with Gasteiger partial charge < -0.3 is 10.1 Å². The Morgan fingerprint density at radius 3 is 2.77 bits per heavy atom. The summed E-state index contributed by atoms with van der Waals surface area (Å²) in [6.07, 6.45) is 6.57. The van der Waals surface area contributed by atoms with E-state index < -0.39 is 6.09 Å². The van der Waals surface area contributed by atoms with Gasteiger partial charge in [-0.15, -0.1) is 19.5 Å². The van der Waals surface area contributed by atoms with Crippen molar-refractivity contribution in [2.45, 2.75) is 25.4 Å². The van der Waals surface area contributed by atoms with Crippen LogP contribution in [0.15, 0.2) is 12.2 Å². The molecule has 0 bridgehead atoms. The second-order valence-electron chi connectivity index (χ2n) is 2.50. The third-order valence-corrected chi connectivity index (χ3v) is 1.64. The Balaban J connectivity index is 0. The number of rotatable bonds is 1. The Kier molecular flexibility index (Phi) is 10.8. The minimum atomic E-state index is -0.471. The standard InChI is InChI=1S/C8H13NO2.ClH.Na/c1-9-8(10)11-7-5-3-2-4-6-7;;/h3,5,7H,2,4,6H2,1H3,(H,9,10);1H;/q;;+1/p-1. The van der Waals surface area contributed by atoms with Crippen LogP contribution >= 0.6 is 12.4 Å². The molecule has 1 rings (SSSR count). The molecule has 0 aromatic rings. The Morgan fingerprint density at radius 2 is 2.31 bits per heavy atom. The molecule has 3 nitrogen and oxygen atoms in total. The Hall–Kier alpha value is 0.300. The molecule has 0 radical (unpaired) electrons. The van der Waals surface area contributed by atoms with Crippen LogP contribution in [-0.4, -0.2) is 19.2 Å². The first-order chi connectivity index (χ1) is 5.33. The normalized spacial score (nSPS) is 19.3. The summed E-state index contributed by atoms with van der Waals surface area (Å²) in [5.74, 6) is 0. The van der Waals surface area contributed by atoms with E-state index >= 15 is 0 Å². The Bertz CT molecular complexity index is 176. The van der Waals surface area contributed by atoms with Gasteiger partial charge in [0.2, 0.25) is 6.09 Å². The zero-order chi connectivity index (χ0) is 8.10. The van der Waals surface area contributed by atoms with Gasteiger partial charge in [0.1, 0.15) is 6.10 Å². The van der Waals surface area contributed by atoms with Crippen molar-refractivity contribution >= 4 is 18.5 Å². The molecule has 1 atom stereocenters. The number of carbonyl (C=O) groups excluding carboxylic acids is 1. The third-order valence-electron chi connectivity index (χ3n) is 1.64. The molecule has 70 valence electrons. The van der Waals surface area contributed by atoms with E-state index in [4.69, 9.17) is 4.74 Å². The molecule has 0 fully saturated rings. The first-order valence-electron chi connectivity index (χ1n) is 3.80. The quantitative estimate of drug-likeness (QED) is 0.442. The van der Waals surface area contributed by atoms with Gasteiger partial charge in [-0.1, -0.05) is 6.08 Å². The number of carbonyl (C=O) groups is 1. The maximum absolute atomic E-state index is 10.7. The maximum atomic E-state index is 10.7. The minimum Gasteiger partial charge on any atom is -0.620 e. The van der Waals surface area contributed by atoms with Crippen molar-refractivity contribution in [2.24, 2.45) is 0 Å². The van der Waals surface area contributed by atoms with Crippen LogP contribution in [0.2, 0.25) is 0 Å². The van der Waals surface area contributed by atoms with E-state index in [1.54, 1.807) is 0 Å². The molecule has 0 heterocycles. The summed E-state index contributed by atoms with van der Waals surface area (Å²) in [6, 6.07) is 0. The zero-order valence-electron chi connectivity index (χ0n) is 8.03. The van der Waals surface area contributed by atoms with Crippen LogP contribution in [0, 0.1) is 0 Å². The first-order valence-corrected chi connectivity index (χ1v) is 3.80. The van der Waals surface area contributed by atoms with Gasteiger partial charge in [0.25, 0.3) is 0 Å². The van der Waals surface area contributed by atoms with Crippen molar-refractivity contribution < 1.29 is 39.1 Å². The van der Waals surface area contributed by atoms with Crippen LogP contribution in [0.4, 0.5) is 4.79 Å². The fourth-order valence-electron chi connectivity index (χ4n) is 1.06. The summed E-state index contributed by atoms with van der Waals surface area (Å²) >= 11 is 0. The molecule has 0 N–H and O–H groups in total. The average molecular weight is 214 g/mol. The van der Waals surface area contributed by atoms with Crippen LogP contribution in [0.1, 0.15) is 19.3 Å². The number of hydrogen-bond acceptors (Lipinski definition) is 2. The third kappa shape index (κ3) is 6.38. The summed E-state index contributed by atoms with van der Waals surface area (Å²) < 4.78 is 4.95. The van der Waals surface area contributed by atoms with E-state index in [1.165, 1.54) is 7.05 Å². The SMILES string of the molecule is C[N-]C(=O)OC1C=CCCC1.Cl.[Na+]. The molecule has 0 aliphatic heterocycles.